The summed E-state index contributed by atoms with van der Waals surface area (Å²) in [4.78, 5) is 33.4. The average molecular weight is 496 g/mol. The van der Waals surface area contributed by atoms with Gasteiger partial charge in [-0.05, 0) is 54.1 Å². The van der Waals surface area contributed by atoms with Gasteiger partial charge in [0.05, 0.1) is 34.4 Å². The molecule has 0 aliphatic heterocycles. The monoisotopic (exact) mass is 495 g/mol. The van der Waals surface area contributed by atoms with Crippen molar-refractivity contribution < 1.29 is 9.59 Å². The molecule has 5 rings (SSSR count). The number of aromatic amines is 1. The van der Waals surface area contributed by atoms with Crippen LogP contribution < -0.4 is 11.1 Å². The van der Waals surface area contributed by atoms with Gasteiger partial charge in [0.15, 0.2) is 0 Å². The maximum Gasteiger partial charge on any atom is 0.251 e. The molecule has 0 saturated carbocycles. The zero-order chi connectivity index (χ0) is 25.2. The number of benzene rings is 2. The van der Waals surface area contributed by atoms with Gasteiger partial charge in [-0.3, -0.25) is 24.7 Å². The Labute approximate surface area is 209 Å². The molecule has 3 aromatic heterocycles. The van der Waals surface area contributed by atoms with Crippen LogP contribution in [0.1, 0.15) is 43.2 Å². The smallest absolute Gasteiger partial charge is 0.251 e. The van der Waals surface area contributed by atoms with Crippen LogP contribution in [-0.4, -0.2) is 32.0 Å². The van der Waals surface area contributed by atoms with E-state index in [2.05, 4.69) is 25.5 Å². The van der Waals surface area contributed by atoms with E-state index in [-0.39, 0.29) is 18.0 Å². The molecule has 3 heterocycles. The number of aromatic nitrogens is 4. The Bertz CT molecular complexity index is 1700. The number of carbonyl (C=O) groups is 2. The summed E-state index contributed by atoms with van der Waals surface area (Å²) in [6, 6.07) is 15.9. The maximum absolute atomic E-state index is 12.8. The second kappa shape index (κ2) is 9.44. The Morgan fingerprint density at radius 3 is 2.78 bits per heavy atom. The average Bonchev–Trinajstić information content (AvgIpc) is 3.28. The molecule has 0 aliphatic rings. The highest BCUT2D eigenvalue weighted by molar-refractivity contribution is 6.31. The molecule has 0 radical (unpaired) electrons. The second-order valence-corrected chi connectivity index (χ2v) is 8.61. The lowest BCUT2D eigenvalue weighted by molar-refractivity contribution is 0.0949. The number of hydrogen-bond acceptors (Lipinski definition) is 6. The highest BCUT2D eigenvalue weighted by Crippen LogP contribution is 2.23. The molecule has 0 spiro atoms. The first kappa shape index (κ1) is 23.0. The number of nitrogens with zero attached hydrogens (tertiary/aromatic N) is 4. The van der Waals surface area contributed by atoms with Crippen LogP contribution in [0.4, 0.5) is 0 Å². The van der Waals surface area contributed by atoms with Crippen LogP contribution in [0.25, 0.3) is 21.8 Å². The zero-order valence-corrected chi connectivity index (χ0v) is 19.5. The summed E-state index contributed by atoms with van der Waals surface area (Å²) >= 11 is 6.09. The molecule has 0 fully saturated rings. The van der Waals surface area contributed by atoms with E-state index in [4.69, 9.17) is 17.3 Å². The summed E-state index contributed by atoms with van der Waals surface area (Å²) in [5, 5.41) is 21.3. The predicted molar refractivity (Wildman–Crippen MR) is 134 cm³/mol. The van der Waals surface area contributed by atoms with E-state index < -0.39 is 5.91 Å². The molecular formula is C26H18ClN7O2. The Hall–Kier alpha value is -4.81. The second-order valence-electron chi connectivity index (χ2n) is 8.17. The van der Waals surface area contributed by atoms with Crippen LogP contribution in [0, 0.1) is 11.3 Å². The molecule has 176 valence electrons. The Morgan fingerprint density at radius 2 is 1.97 bits per heavy atom. The van der Waals surface area contributed by atoms with Gasteiger partial charge in [0.1, 0.15) is 6.07 Å². The molecule has 2 aromatic carbocycles. The molecule has 4 N–H and O–H groups in total. The summed E-state index contributed by atoms with van der Waals surface area (Å²) in [6.07, 6.45) is 3.30. The number of primary amides is 1. The van der Waals surface area contributed by atoms with Crippen LogP contribution in [0.2, 0.25) is 5.02 Å². The van der Waals surface area contributed by atoms with Crippen LogP contribution in [0.5, 0.6) is 0 Å². The number of amides is 2. The number of fused-ring (bicyclic) bond motifs is 2. The molecular weight excluding hydrogens is 478 g/mol. The fourth-order valence-electron chi connectivity index (χ4n) is 4.03. The van der Waals surface area contributed by atoms with Gasteiger partial charge < -0.3 is 11.1 Å². The molecule has 36 heavy (non-hydrogen) atoms. The van der Waals surface area contributed by atoms with Gasteiger partial charge >= 0.3 is 0 Å². The summed E-state index contributed by atoms with van der Waals surface area (Å²) in [7, 11) is 0. The minimum Gasteiger partial charge on any atom is -0.366 e. The van der Waals surface area contributed by atoms with Crippen molar-refractivity contribution in [2.45, 2.75) is 13.0 Å². The zero-order valence-electron chi connectivity index (χ0n) is 18.7. The Balaban J connectivity index is 1.37. The van der Waals surface area contributed by atoms with E-state index in [1.54, 1.807) is 42.6 Å². The predicted octanol–water partition coefficient (Wildman–Crippen LogP) is 3.65. The van der Waals surface area contributed by atoms with Gasteiger partial charge in [-0.2, -0.15) is 10.4 Å². The van der Waals surface area contributed by atoms with Crippen molar-refractivity contribution >= 4 is 45.2 Å². The van der Waals surface area contributed by atoms with Crippen molar-refractivity contribution in [3.63, 3.8) is 0 Å². The van der Waals surface area contributed by atoms with E-state index in [0.717, 1.165) is 22.2 Å². The molecule has 0 atom stereocenters. The largest absolute Gasteiger partial charge is 0.366 e. The third-order valence-corrected chi connectivity index (χ3v) is 5.96. The van der Waals surface area contributed by atoms with Crippen LogP contribution in [0.3, 0.4) is 0 Å². The quantitative estimate of drug-likeness (QED) is 0.327. The molecule has 0 aliphatic carbocycles. The molecule has 0 bridgehead atoms. The lowest BCUT2D eigenvalue weighted by atomic mass is 10.00. The minimum atomic E-state index is -0.618. The molecule has 0 saturated heterocycles. The maximum atomic E-state index is 12.8. The van der Waals surface area contributed by atoms with Crippen molar-refractivity contribution in [3.05, 3.63) is 99.6 Å². The molecule has 0 unspecified atom stereocenters. The lowest BCUT2D eigenvalue weighted by Gasteiger charge is -2.09. The van der Waals surface area contributed by atoms with Crippen LogP contribution >= 0.6 is 11.6 Å². The Morgan fingerprint density at radius 1 is 1.11 bits per heavy atom. The van der Waals surface area contributed by atoms with E-state index in [1.807, 2.05) is 18.2 Å². The van der Waals surface area contributed by atoms with E-state index in [9.17, 15) is 14.9 Å². The lowest BCUT2D eigenvalue weighted by Crippen LogP contribution is -2.23. The number of nitrogens with one attached hydrogen (secondary N) is 2. The summed E-state index contributed by atoms with van der Waals surface area (Å²) in [5.41, 5.74) is 9.95. The van der Waals surface area contributed by atoms with Crippen molar-refractivity contribution in [2.24, 2.45) is 5.73 Å². The number of halogens is 1. The van der Waals surface area contributed by atoms with Crippen LogP contribution in [0.15, 0.2) is 60.9 Å². The third kappa shape index (κ3) is 4.58. The molecule has 2 amide bonds. The third-order valence-electron chi connectivity index (χ3n) is 5.72. The Kier molecular flexibility index (Phi) is 6.02. The highest BCUT2D eigenvalue weighted by atomic mass is 35.5. The number of carbonyl (C=O) groups excluding carboxylic acids is 2. The van der Waals surface area contributed by atoms with E-state index >= 15 is 0 Å². The summed E-state index contributed by atoms with van der Waals surface area (Å²) in [6.45, 7) is 0.244. The van der Waals surface area contributed by atoms with Gasteiger partial charge in [0.2, 0.25) is 0 Å². The number of H-pyrrole nitrogens is 1. The fourth-order valence-corrected chi connectivity index (χ4v) is 4.20. The van der Waals surface area contributed by atoms with Gasteiger partial charge in [0, 0.05) is 45.9 Å². The van der Waals surface area contributed by atoms with Crippen LogP contribution in [-0.2, 0) is 13.0 Å². The van der Waals surface area contributed by atoms with Gasteiger partial charge in [-0.1, -0.05) is 11.6 Å². The first-order chi connectivity index (χ1) is 17.4. The number of nitriles is 1. The van der Waals surface area contributed by atoms with E-state index in [0.29, 0.717) is 39.2 Å². The highest BCUT2D eigenvalue weighted by Gasteiger charge is 2.14. The first-order valence-corrected chi connectivity index (χ1v) is 11.3. The standard InChI is InChI=1S/C26H18ClN7O2/c27-18-1-2-22-20(10-18)23(34-33-22)13-32-26(36)16-3-4-30-19(9-16)7-14-5-17-6-15(11-28)12-31-24(17)21(8-14)25(29)35/h1-6,8-10,12H,7,13H2,(H2,29,35)(H,32,36)(H,33,34). The van der Waals surface area contributed by atoms with Crippen molar-refractivity contribution in [2.75, 3.05) is 0 Å². The van der Waals surface area contributed by atoms with Gasteiger partial charge in [-0.15, -0.1) is 0 Å². The fraction of sp³-hybridized carbons (Fsp3) is 0.0769. The number of nitrogens with two attached hydrogens (primary N) is 1. The minimum absolute atomic E-state index is 0.244. The van der Waals surface area contributed by atoms with Crippen molar-refractivity contribution in [1.82, 2.24) is 25.5 Å². The summed E-state index contributed by atoms with van der Waals surface area (Å²) < 4.78 is 0. The van der Waals surface area contributed by atoms with Crippen molar-refractivity contribution in [3.8, 4) is 6.07 Å². The molecule has 10 heteroatoms. The SMILES string of the molecule is N#Cc1cnc2c(C(N)=O)cc(Cc3cc(C(=O)NCc4[nH]nc5ccc(Cl)cc45)ccn3)cc2c1. The summed E-state index contributed by atoms with van der Waals surface area (Å²) in [5.74, 6) is -0.893. The number of pyridine rings is 2. The van der Waals surface area contributed by atoms with E-state index in [1.165, 1.54) is 6.20 Å². The molecule has 5 aromatic rings. The number of hydrogen-bond donors (Lipinski definition) is 3. The van der Waals surface area contributed by atoms with Gasteiger partial charge in [-0.25, -0.2) is 0 Å². The normalized spacial score (nSPS) is 10.9. The topological polar surface area (TPSA) is 150 Å². The van der Waals surface area contributed by atoms with Crippen molar-refractivity contribution in [1.29, 1.82) is 5.26 Å². The van der Waals surface area contributed by atoms with Gasteiger partial charge in [0.25, 0.3) is 11.8 Å². The first-order valence-electron chi connectivity index (χ1n) is 10.9. The number of rotatable bonds is 6. The molecule has 9 nitrogen and oxygen atoms in total.